The van der Waals surface area contributed by atoms with E-state index in [1.807, 2.05) is 44.4 Å². The zero-order valence-corrected chi connectivity index (χ0v) is 17.0. The fourth-order valence-corrected chi connectivity index (χ4v) is 2.35. The van der Waals surface area contributed by atoms with Gasteiger partial charge in [-0.25, -0.2) is 0 Å². The molecule has 0 bridgehead atoms. The fourth-order valence-electron chi connectivity index (χ4n) is 2.35. The summed E-state index contributed by atoms with van der Waals surface area (Å²) >= 11 is 0. The molecule has 2 aromatic carbocycles. The molecule has 0 aliphatic rings. The molecule has 148 valence electrons. The molecule has 6 nitrogen and oxygen atoms in total. The van der Waals surface area contributed by atoms with Crippen LogP contribution in [0.4, 0.5) is 11.4 Å². The summed E-state index contributed by atoms with van der Waals surface area (Å²) in [5.41, 5.74) is 8.33. The van der Waals surface area contributed by atoms with E-state index in [2.05, 4.69) is 10.6 Å². The van der Waals surface area contributed by atoms with Crippen LogP contribution in [0.2, 0.25) is 0 Å². The summed E-state index contributed by atoms with van der Waals surface area (Å²) in [5.74, 6) is -0.239. The van der Waals surface area contributed by atoms with Crippen LogP contribution in [-0.2, 0) is 9.59 Å². The third-order valence-corrected chi connectivity index (χ3v) is 3.55. The molecular formula is C19H26Cl2N4O2. The molecule has 0 spiro atoms. The van der Waals surface area contributed by atoms with Crippen LogP contribution in [0.15, 0.2) is 54.6 Å². The Balaban J connectivity index is 0.00000338. The van der Waals surface area contributed by atoms with Crippen LogP contribution >= 0.6 is 24.8 Å². The van der Waals surface area contributed by atoms with Crippen LogP contribution in [0.1, 0.15) is 18.0 Å². The minimum Gasteiger partial charge on any atom is -0.326 e. The summed E-state index contributed by atoms with van der Waals surface area (Å²) in [6.07, 6.45) is 0.200. The smallest absolute Gasteiger partial charge is 0.238 e. The number of hydrogen-bond donors (Lipinski definition) is 3. The second kappa shape index (κ2) is 12.3. The number of nitrogens with zero attached hydrogens (tertiary/aromatic N) is 1. The third-order valence-electron chi connectivity index (χ3n) is 3.55. The minimum absolute atomic E-state index is 0. The predicted molar refractivity (Wildman–Crippen MR) is 115 cm³/mol. The molecule has 0 aliphatic heterocycles. The van der Waals surface area contributed by atoms with Crippen molar-refractivity contribution >= 4 is 48.0 Å². The van der Waals surface area contributed by atoms with Gasteiger partial charge in [0.2, 0.25) is 11.8 Å². The second-order valence-electron chi connectivity index (χ2n) is 6.13. The van der Waals surface area contributed by atoms with E-state index in [-0.39, 0.29) is 49.1 Å². The zero-order valence-electron chi connectivity index (χ0n) is 15.3. The molecule has 0 aliphatic carbocycles. The molecule has 1 atom stereocenters. The van der Waals surface area contributed by atoms with Gasteiger partial charge in [0.1, 0.15) is 0 Å². The Morgan fingerprint density at radius 1 is 0.889 bits per heavy atom. The van der Waals surface area contributed by atoms with Crippen molar-refractivity contribution < 1.29 is 9.59 Å². The fraction of sp³-hybridized carbons (Fsp3) is 0.263. The Labute approximate surface area is 172 Å². The summed E-state index contributed by atoms with van der Waals surface area (Å²) in [5, 5.41) is 5.61. The van der Waals surface area contributed by atoms with Crippen LogP contribution in [0.3, 0.4) is 0 Å². The number of amides is 2. The SMILES string of the molecule is CN(C)CC(=O)Nc1ccc(NC(=O)CC(N)c2ccccc2)cc1.Cl.Cl. The van der Waals surface area contributed by atoms with Gasteiger partial charge in [0.25, 0.3) is 0 Å². The van der Waals surface area contributed by atoms with Crippen molar-refractivity contribution in [3.8, 4) is 0 Å². The molecule has 0 saturated carbocycles. The van der Waals surface area contributed by atoms with E-state index in [0.29, 0.717) is 17.9 Å². The highest BCUT2D eigenvalue weighted by Crippen LogP contribution is 2.17. The van der Waals surface area contributed by atoms with Crippen LogP contribution < -0.4 is 16.4 Å². The molecule has 0 radical (unpaired) electrons. The third kappa shape index (κ3) is 8.88. The van der Waals surface area contributed by atoms with Gasteiger partial charge in [0.05, 0.1) is 6.54 Å². The number of rotatable bonds is 7. The van der Waals surface area contributed by atoms with Gasteiger partial charge in [-0.3, -0.25) is 9.59 Å². The number of halogens is 2. The van der Waals surface area contributed by atoms with Crippen LogP contribution in [0.25, 0.3) is 0 Å². The first-order chi connectivity index (χ1) is 11.9. The standard InChI is InChI=1S/C19H24N4O2.2ClH/c1-23(2)13-19(25)22-16-10-8-15(9-11-16)21-18(24)12-17(20)14-6-4-3-5-7-14;;/h3-11,17H,12-13,20H2,1-2H3,(H,21,24)(H,22,25);2*1H. The van der Waals surface area contributed by atoms with E-state index in [4.69, 9.17) is 5.73 Å². The molecule has 2 aromatic rings. The van der Waals surface area contributed by atoms with Crippen molar-refractivity contribution in [3.63, 3.8) is 0 Å². The monoisotopic (exact) mass is 412 g/mol. The van der Waals surface area contributed by atoms with E-state index in [1.54, 1.807) is 29.2 Å². The molecule has 0 saturated heterocycles. The maximum Gasteiger partial charge on any atom is 0.238 e. The van der Waals surface area contributed by atoms with Crippen molar-refractivity contribution in [1.82, 2.24) is 4.90 Å². The lowest BCUT2D eigenvalue weighted by molar-refractivity contribution is -0.117. The molecule has 1 unspecified atom stereocenters. The van der Waals surface area contributed by atoms with Crippen molar-refractivity contribution in [3.05, 3.63) is 60.2 Å². The predicted octanol–water partition coefficient (Wildman–Crippen LogP) is 3.06. The maximum absolute atomic E-state index is 12.1. The Hall–Kier alpha value is -2.12. The lowest BCUT2D eigenvalue weighted by Gasteiger charge is -2.13. The van der Waals surface area contributed by atoms with Gasteiger partial charge in [0.15, 0.2) is 0 Å². The average molecular weight is 413 g/mol. The number of likely N-dealkylation sites (N-methyl/N-ethyl adjacent to an activating group) is 1. The zero-order chi connectivity index (χ0) is 18.2. The second-order valence-corrected chi connectivity index (χ2v) is 6.13. The molecular weight excluding hydrogens is 387 g/mol. The highest BCUT2D eigenvalue weighted by Gasteiger charge is 2.11. The number of nitrogens with one attached hydrogen (secondary N) is 2. The van der Waals surface area contributed by atoms with E-state index in [1.165, 1.54) is 0 Å². The van der Waals surface area contributed by atoms with Crippen LogP contribution in [0.5, 0.6) is 0 Å². The van der Waals surface area contributed by atoms with Gasteiger partial charge in [-0.1, -0.05) is 30.3 Å². The first kappa shape index (κ1) is 24.9. The molecule has 27 heavy (non-hydrogen) atoms. The van der Waals surface area contributed by atoms with Crippen molar-refractivity contribution in [2.24, 2.45) is 5.73 Å². The topological polar surface area (TPSA) is 87.5 Å². The van der Waals surface area contributed by atoms with Crippen LogP contribution in [0, 0.1) is 0 Å². The normalized spacial score (nSPS) is 11.0. The summed E-state index contributed by atoms with van der Waals surface area (Å²) in [4.78, 5) is 25.6. The highest BCUT2D eigenvalue weighted by atomic mass is 35.5. The first-order valence-corrected chi connectivity index (χ1v) is 8.09. The molecule has 0 aromatic heterocycles. The number of carbonyl (C=O) groups excluding carboxylic acids is 2. The lowest BCUT2D eigenvalue weighted by Crippen LogP contribution is -2.27. The number of nitrogens with two attached hydrogens (primary N) is 1. The Kier molecular flexibility index (Phi) is 11.3. The maximum atomic E-state index is 12.1. The molecule has 4 N–H and O–H groups in total. The average Bonchev–Trinajstić information content (AvgIpc) is 2.56. The first-order valence-electron chi connectivity index (χ1n) is 8.09. The summed E-state index contributed by atoms with van der Waals surface area (Å²) in [7, 11) is 3.66. The molecule has 0 fully saturated rings. The molecule has 2 rings (SSSR count). The number of benzene rings is 2. The quantitative estimate of drug-likeness (QED) is 0.651. The van der Waals surface area contributed by atoms with Gasteiger partial charge in [-0.15, -0.1) is 24.8 Å². The van der Waals surface area contributed by atoms with Gasteiger partial charge in [0, 0.05) is 23.8 Å². The van der Waals surface area contributed by atoms with E-state index in [0.717, 1.165) is 5.56 Å². The van der Waals surface area contributed by atoms with Gasteiger partial charge >= 0.3 is 0 Å². The van der Waals surface area contributed by atoms with E-state index in [9.17, 15) is 9.59 Å². The van der Waals surface area contributed by atoms with E-state index < -0.39 is 0 Å². The lowest BCUT2D eigenvalue weighted by atomic mass is 10.0. The largest absolute Gasteiger partial charge is 0.326 e. The van der Waals surface area contributed by atoms with E-state index >= 15 is 0 Å². The van der Waals surface area contributed by atoms with Crippen molar-refractivity contribution in [2.75, 3.05) is 31.3 Å². The Morgan fingerprint density at radius 2 is 1.37 bits per heavy atom. The van der Waals surface area contributed by atoms with Gasteiger partial charge in [-0.05, 0) is 43.9 Å². The molecule has 0 heterocycles. The van der Waals surface area contributed by atoms with Gasteiger partial charge < -0.3 is 21.3 Å². The molecule has 8 heteroatoms. The minimum atomic E-state index is -0.342. The number of anilines is 2. The van der Waals surface area contributed by atoms with Gasteiger partial charge in [-0.2, -0.15) is 0 Å². The number of carbonyl (C=O) groups is 2. The Morgan fingerprint density at radius 3 is 1.85 bits per heavy atom. The number of hydrogen-bond acceptors (Lipinski definition) is 4. The van der Waals surface area contributed by atoms with Crippen molar-refractivity contribution in [1.29, 1.82) is 0 Å². The summed E-state index contributed by atoms with van der Waals surface area (Å²) in [6.45, 7) is 0.315. The van der Waals surface area contributed by atoms with Crippen LogP contribution in [-0.4, -0.2) is 37.4 Å². The molecule has 2 amide bonds. The summed E-state index contributed by atoms with van der Waals surface area (Å²) < 4.78 is 0. The Bertz CT molecular complexity index is 709. The van der Waals surface area contributed by atoms with Crippen molar-refractivity contribution in [2.45, 2.75) is 12.5 Å². The summed E-state index contributed by atoms with van der Waals surface area (Å²) in [6, 6.07) is 16.2. The highest BCUT2D eigenvalue weighted by molar-refractivity contribution is 5.94.